The van der Waals surface area contributed by atoms with Crippen LogP contribution >= 0.6 is 11.3 Å². The molecule has 1 amide bonds. The first kappa shape index (κ1) is 20.8. The predicted molar refractivity (Wildman–Crippen MR) is 111 cm³/mol. The van der Waals surface area contributed by atoms with Gasteiger partial charge in [-0.05, 0) is 55.5 Å². The molecular formula is C20H28N4O2S. The topological polar surface area (TPSA) is 74.8 Å². The van der Waals surface area contributed by atoms with E-state index in [-0.39, 0.29) is 12.5 Å². The number of amides is 1. The molecule has 0 radical (unpaired) electrons. The molecule has 3 N–H and O–H groups in total. The Balaban J connectivity index is 1.93. The summed E-state index contributed by atoms with van der Waals surface area (Å²) in [6.07, 6.45) is 0. The lowest BCUT2D eigenvalue weighted by Crippen LogP contribution is -2.36. The zero-order chi connectivity index (χ0) is 19.5. The van der Waals surface area contributed by atoms with Crippen LogP contribution in [0.1, 0.15) is 29.9 Å². The van der Waals surface area contributed by atoms with Gasteiger partial charge in [-0.15, -0.1) is 11.3 Å². The Morgan fingerprint density at radius 2 is 1.96 bits per heavy atom. The van der Waals surface area contributed by atoms with E-state index in [1.54, 1.807) is 11.3 Å². The van der Waals surface area contributed by atoms with Gasteiger partial charge in [0.1, 0.15) is 5.75 Å². The number of thiophene rings is 1. The van der Waals surface area contributed by atoms with Gasteiger partial charge < -0.3 is 20.7 Å². The van der Waals surface area contributed by atoms with Gasteiger partial charge in [-0.1, -0.05) is 12.1 Å². The Morgan fingerprint density at radius 1 is 1.15 bits per heavy atom. The first-order valence-corrected chi connectivity index (χ1v) is 10.0. The molecule has 2 aromatic rings. The van der Waals surface area contributed by atoms with Gasteiger partial charge in [0, 0.05) is 18.0 Å². The molecule has 1 aromatic heterocycles. The number of carbonyl (C=O) groups excluding carboxylic acids is 1. The quantitative estimate of drug-likeness (QED) is 0.456. The maximum absolute atomic E-state index is 11.5. The van der Waals surface area contributed by atoms with Crippen LogP contribution < -0.4 is 20.7 Å². The molecule has 1 heterocycles. The van der Waals surface area contributed by atoms with Crippen molar-refractivity contribution < 1.29 is 9.53 Å². The van der Waals surface area contributed by atoms with Crippen molar-refractivity contribution in [2.75, 3.05) is 19.7 Å². The number of carbonyl (C=O) groups is 1. The van der Waals surface area contributed by atoms with Gasteiger partial charge in [0.15, 0.2) is 12.6 Å². The largest absolute Gasteiger partial charge is 0.484 e. The van der Waals surface area contributed by atoms with Gasteiger partial charge in [0.2, 0.25) is 0 Å². The van der Waals surface area contributed by atoms with Crippen molar-refractivity contribution in [3.8, 4) is 5.75 Å². The summed E-state index contributed by atoms with van der Waals surface area (Å²) in [5, 5.41) is 11.4. The number of aryl methyl sites for hydroxylation is 1. The fraction of sp³-hybridized carbons (Fsp3) is 0.400. The number of aliphatic imine (C=N–C) groups is 1. The van der Waals surface area contributed by atoms with Gasteiger partial charge in [0.25, 0.3) is 5.91 Å². The second-order valence-electron chi connectivity index (χ2n) is 5.97. The van der Waals surface area contributed by atoms with Crippen molar-refractivity contribution in [3.63, 3.8) is 0 Å². The summed E-state index contributed by atoms with van der Waals surface area (Å²) in [6, 6.07) is 9.78. The maximum Gasteiger partial charge on any atom is 0.257 e. The molecule has 6 nitrogen and oxygen atoms in total. The van der Waals surface area contributed by atoms with Gasteiger partial charge in [0.05, 0.1) is 13.1 Å². The molecule has 0 saturated heterocycles. The Hall–Kier alpha value is -2.54. The van der Waals surface area contributed by atoms with Crippen LogP contribution in [-0.2, 0) is 17.9 Å². The van der Waals surface area contributed by atoms with E-state index < -0.39 is 0 Å². The van der Waals surface area contributed by atoms with Crippen LogP contribution in [0.2, 0.25) is 0 Å². The molecule has 0 fully saturated rings. The fourth-order valence-corrected chi connectivity index (χ4v) is 3.24. The third kappa shape index (κ3) is 7.30. The number of nitrogens with zero attached hydrogens (tertiary/aromatic N) is 1. The highest BCUT2D eigenvalue weighted by atomic mass is 32.1. The fourth-order valence-electron chi connectivity index (χ4n) is 2.39. The Labute approximate surface area is 165 Å². The van der Waals surface area contributed by atoms with Gasteiger partial charge in [-0.3, -0.25) is 4.79 Å². The van der Waals surface area contributed by atoms with Crippen molar-refractivity contribution in [1.82, 2.24) is 16.0 Å². The van der Waals surface area contributed by atoms with E-state index >= 15 is 0 Å². The van der Waals surface area contributed by atoms with Crippen LogP contribution in [0, 0.1) is 6.92 Å². The van der Waals surface area contributed by atoms with Crippen molar-refractivity contribution >= 4 is 23.2 Å². The molecule has 27 heavy (non-hydrogen) atoms. The molecule has 0 aliphatic carbocycles. The molecule has 0 atom stereocenters. The number of nitrogens with one attached hydrogen (secondary N) is 3. The lowest BCUT2D eigenvalue weighted by atomic mass is 10.2. The SMILES string of the molecule is CCNC(=O)COc1cccc(CN=C(NCC)NCc2sccc2C)c1. The van der Waals surface area contributed by atoms with E-state index in [0.29, 0.717) is 18.8 Å². The summed E-state index contributed by atoms with van der Waals surface area (Å²) >= 11 is 1.74. The molecule has 0 unspecified atom stereocenters. The second kappa shape index (κ2) is 11.2. The standard InChI is InChI=1S/C20H28N4O2S/c1-4-21-19(25)14-26-17-8-6-7-16(11-17)12-23-20(22-5-2)24-13-18-15(3)9-10-27-18/h6-11H,4-5,12-14H2,1-3H3,(H,21,25)(H2,22,23,24). The first-order valence-electron chi connectivity index (χ1n) is 9.16. The molecule has 0 saturated carbocycles. The summed E-state index contributed by atoms with van der Waals surface area (Å²) in [6.45, 7) is 8.74. The number of hydrogen-bond donors (Lipinski definition) is 3. The summed E-state index contributed by atoms with van der Waals surface area (Å²) in [4.78, 5) is 17.5. The number of ether oxygens (including phenoxy) is 1. The normalized spacial score (nSPS) is 11.1. The molecule has 7 heteroatoms. The Kier molecular flexibility index (Phi) is 8.64. The molecule has 2 rings (SSSR count). The summed E-state index contributed by atoms with van der Waals surface area (Å²) in [5.74, 6) is 1.32. The number of guanidine groups is 1. The minimum atomic E-state index is -0.122. The van der Waals surface area contributed by atoms with Crippen molar-refractivity contribution in [2.45, 2.75) is 33.9 Å². The molecule has 0 spiro atoms. The number of rotatable bonds is 9. The smallest absolute Gasteiger partial charge is 0.257 e. The number of hydrogen-bond acceptors (Lipinski definition) is 4. The minimum absolute atomic E-state index is 0.0188. The van der Waals surface area contributed by atoms with Crippen LogP contribution in [-0.4, -0.2) is 31.6 Å². The number of benzene rings is 1. The second-order valence-corrected chi connectivity index (χ2v) is 6.97. The number of likely N-dealkylation sites (N-methyl/N-ethyl adjacent to an activating group) is 1. The van der Waals surface area contributed by atoms with Gasteiger partial charge in [-0.2, -0.15) is 0 Å². The molecule has 146 valence electrons. The molecule has 0 aliphatic heterocycles. The van der Waals surface area contributed by atoms with Crippen LogP contribution in [0.4, 0.5) is 0 Å². The van der Waals surface area contributed by atoms with E-state index in [2.05, 4.69) is 39.3 Å². The Bertz CT molecular complexity index is 758. The van der Waals surface area contributed by atoms with Gasteiger partial charge in [-0.25, -0.2) is 4.99 Å². The third-order valence-corrected chi connectivity index (χ3v) is 4.81. The summed E-state index contributed by atoms with van der Waals surface area (Å²) < 4.78 is 5.53. The Morgan fingerprint density at radius 3 is 2.67 bits per heavy atom. The zero-order valence-corrected chi connectivity index (χ0v) is 17.0. The third-order valence-electron chi connectivity index (χ3n) is 3.79. The molecular weight excluding hydrogens is 360 g/mol. The van der Waals surface area contributed by atoms with Gasteiger partial charge >= 0.3 is 0 Å². The van der Waals surface area contributed by atoms with E-state index in [9.17, 15) is 4.79 Å². The predicted octanol–water partition coefficient (Wildman–Crippen LogP) is 2.83. The van der Waals surface area contributed by atoms with E-state index in [0.717, 1.165) is 24.6 Å². The van der Waals surface area contributed by atoms with E-state index in [1.807, 2.05) is 38.1 Å². The monoisotopic (exact) mass is 388 g/mol. The highest BCUT2D eigenvalue weighted by Gasteiger charge is 2.04. The van der Waals surface area contributed by atoms with Crippen molar-refractivity contribution in [1.29, 1.82) is 0 Å². The highest BCUT2D eigenvalue weighted by Crippen LogP contribution is 2.15. The zero-order valence-electron chi connectivity index (χ0n) is 16.2. The minimum Gasteiger partial charge on any atom is -0.484 e. The molecule has 0 bridgehead atoms. The van der Waals surface area contributed by atoms with Crippen molar-refractivity contribution in [2.24, 2.45) is 4.99 Å². The van der Waals surface area contributed by atoms with Crippen LogP contribution in [0.5, 0.6) is 5.75 Å². The van der Waals surface area contributed by atoms with E-state index in [1.165, 1.54) is 10.4 Å². The maximum atomic E-state index is 11.5. The average Bonchev–Trinajstić information content (AvgIpc) is 3.08. The summed E-state index contributed by atoms with van der Waals surface area (Å²) in [5.41, 5.74) is 2.31. The van der Waals surface area contributed by atoms with E-state index in [4.69, 9.17) is 4.74 Å². The first-order chi connectivity index (χ1) is 13.1. The van der Waals surface area contributed by atoms with Crippen molar-refractivity contribution in [3.05, 3.63) is 51.7 Å². The summed E-state index contributed by atoms with van der Waals surface area (Å²) in [7, 11) is 0. The molecule has 0 aliphatic rings. The lowest BCUT2D eigenvalue weighted by molar-refractivity contribution is -0.122. The highest BCUT2D eigenvalue weighted by molar-refractivity contribution is 7.10. The van der Waals surface area contributed by atoms with Crippen LogP contribution in [0.15, 0.2) is 40.7 Å². The molecule has 1 aromatic carbocycles. The van der Waals surface area contributed by atoms with Crippen LogP contribution in [0.25, 0.3) is 0 Å². The lowest BCUT2D eigenvalue weighted by Gasteiger charge is -2.11. The van der Waals surface area contributed by atoms with Crippen LogP contribution in [0.3, 0.4) is 0 Å². The average molecular weight is 389 g/mol.